The number of aromatic nitrogens is 2. The van der Waals surface area contributed by atoms with Gasteiger partial charge in [-0.15, -0.1) is 0 Å². The van der Waals surface area contributed by atoms with Crippen molar-refractivity contribution in [1.29, 1.82) is 0 Å². The minimum Gasteiger partial charge on any atom is -0.493 e. The number of H-pyrrole nitrogens is 1. The number of nitrogens with zero attached hydrogens (tertiary/aromatic N) is 2. The fourth-order valence-electron chi connectivity index (χ4n) is 3.84. The van der Waals surface area contributed by atoms with Crippen molar-refractivity contribution < 1.29 is 18.3 Å². The number of likely N-dealkylation sites (tertiary alicyclic amines) is 1. The molecule has 0 amide bonds. The van der Waals surface area contributed by atoms with Crippen LogP contribution in [0.25, 0.3) is 10.9 Å². The van der Waals surface area contributed by atoms with Crippen LogP contribution in [0.15, 0.2) is 16.9 Å². The standard InChI is InChI=1S/C20H25F2N3O3S/c1-25-8-12(16(22)9-25)10-28-13-6-15(21)19-17(7-13)23-18(24-20(19)26)11-29-14-2-4-27-5-3-14/h6-7,12,14,16H,2-5,8-11H2,1H3,(H,23,24,26). The summed E-state index contributed by atoms with van der Waals surface area (Å²) < 4.78 is 39.5. The van der Waals surface area contributed by atoms with Crippen molar-refractivity contribution in [2.45, 2.75) is 30.0 Å². The third-order valence-electron chi connectivity index (χ3n) is 5.42. The maximum atomic E-state index is 14.5. The van der Waals surface area contributed by atoms with E-state index in [2.05, 4.69) is 9.97 Å². The monoisotopic (exact) mass is 425 g/mol. The summed E-state index contributed by atoms with van der Waals surface area (Å²) in [5.74, 6) is 0.378. The molecule has 9 heteroatoms. The van der Waals surface area contributed by atoms with Gasteiger partial charge in [-0.25, -0.2) is 13.8 Å². The van der Waals surface area contributed by atoms with Crippen molar-refractivity contribution in [3.8, 4) is 5.75 Å². The Bertz CT molecular complexity index is 920. The Kier molecular flexibility index (Phi) is 6.36. The van der Waals surface area contributed by atoms with E-state index in [-0.39, 0.29) is 29.2 Å². The molecule has 2 saturated heterocycles. The number of fused-ring (bicyclic) bond motifs is 1. The van der Waals surface area contributed by atoms with Crippen LogP contribution >= 0.6 is 11.8 Å². The molecule has 2 fully saturated rings. The number of aromatic amines is 1. The van der Waals surface area contributed by atoms with Gasteiger partial charge < -0.3 is 19.4 Å². The lowest BCUT2D eigenvalue weighted by molar-refractivity contribution is 0.1000. The number of hydrogen-bond acceptors (Lipinski definition) is 6. The smallest absolute Gasteiger partial charge is 0.261 e. The molecule has 0 spiro atoms. The van der Waals surface area contributed by atoms with E-state index in [0.29, 0.717) is 29.9 Å². The van der Waals surface area contributed by atoms with Crippen LogP contribution in [0.5, 0.6) is 5.75 Å². The Hall–Kier alpha value is -1.71. The molecule has 2 aromatic rings. The van der Waals surface area contributed by atoms with E-state index >= 15 is 0 Å². The Labute approximate surface area is 172 Å². The van der Waals surface area contributed by atoms with Gasteiger partial charge in [0.2, 0.25) is 0 Å². The van der Waals surface area contributed by atoms with Crippen molar-refractivity contribution in [2.75, 3.05) is 40.0 Å². The van der Waals surface area contributed by atoms with Gasteiger partial charge in [-0.3, -0.25) is 4.79 Å². The van der Waals surface area contributed by atoms with Gasteiger partial charge in [-0.1, -0.05) is 0 Å². The highest BCUT2D eigenvalue weighted by molar-refractivity contribution is 7.99. The second-order valence-electron chi connectivity index (χ2n) is 7.74. The molecule has 1 N–H and O–H groups in total. The average molecular weight is 426 g/mol. The predicted octanol–water partition coefficient (Wildman–Crippen LogP) is 2.75. The number of nitrogens with one attached hydrogen (secondary N) is 1. The summed E-state index contributed by atoms with van der Waals surface area (Å²) in [7, 11) is 1.86. The number of thioether (sulfide) groups is 1. The van der Waals surface area contributed by atoms with Crippen molar-refractivity contribution in [2.24, 2.45) is 5.92 Å². The summed E-state index contributed by atoms with van der Waals surface area (Å²) in [6.45, 7) is 2.64. The predicted molar refractivity (Wildman–Crippen MR) is 109 cm³/mol. The zero-order chi connectivity index (χ0) is 20.4. The lowest BCUT2D eigenvalue weighted by Crippen LogP contribution is -2.21. The van der Waals surface area contributed by atoms with Gasteiger partial charge in [0.1, 0.15) is 28.9 Å². The Balaban J connectivity index is 1.49. The van der Waals surface area contributed by atoms with Crippen LogP contribution < -0.4 is 10.3 Å². The van der Waals surface area contributed by atoms with Crippen LogP contribution in [0.3, 0.4) is 0 Å². The molecule has 0 aliphatic carbocycles. The van der Waals surface area contributed by atoms with Crippen LogP contribution in [0.2, 0.25) is 0 Å². The Morgan fingerprint density at radius 3 is 2.86 bits per heavy atom. The van der Waals surface area contributed by atoms with Crippen LogP contribution in [-0.4, -0.2) is 66.2 Å². The molecule has 0 saturated carbocycles. The number of benzene rings is 1. The molecule has 29 heavy (non-hydrogen) atoms. The van der Waals surface area contributed by atoms with E-state index < -0.39 is 17.5 Å². The molecule has 2 unspecified atom stereocenters. The minimum absolute atomic E-state index is 0.0823. The van der Waals surface area contributed by atoms with E-state index in [4.69, 9.17) is 9.47 Å². The number of hydrogen-bond donors (Lipinski definition) is 1. The molecule has 3 heterocycles. The van der Waals surface area contributed by atoms with Gasteiger partial charge in [0, 0.05) is 49.6 Å². The molecule has 1 aromatic heterocycles. The molecule has 1 aromatic carbocycles. The van der Waals surface area contributed by atoms with Gasteiger partial charge in [0.05, 0.1) is 17.9 Å². The third kappa shape index (κ3) is 4.90. The first-order valence-electron chi connectivity index (χ1n) is 9.87. The number of rotatable bonds is 6. The molecule has 158 valence electrons. The molecule has 0 bridgehead atoms. The van der Waals surface area contributed by atoms with Gasteiger partial charge >= 0.3 is 0 Å². The zero-order valence-electron chi connectivity index (χ0n) is 16.3. The van der Waals surface area contributed by atoms with Gasteiger partial charge in [-0.05, 0) is 19.9 Å². The summed E-state index contributed by atoms with van der Waals surface area (Å²) in [5.41, 5.74) is -0.241. The molecule has 2 aliphatic heterocycles. The molecular weight excluding hydrogens is 400 g/mol. The minimum atomic E-state index is -0.958. The van der Waals surface area contributed by atoms with Crippen molar-refractivity contribution in [3.63, 3.8) is 0 Å². The van der Waals surface area contributed by atoms with E-state index in [0.717, 1.165) is 26.1 Å². The summed E-state index contributed by atoms with van der Waals surface area (Å²) >= 11 is 1.72. The average Bonchev–Trinajstić information content (AvgIpc) is 3.02. The van der Waals surface area contributed by atoms with E-state index in [9.17, 15) is 13.6 Å². The van der Waals surface area contributed by atoms with Gasteiger partial charge in [-0.2, -0.15) is 11.8 Å². The third-order valence-corrected chi connectivity index (χ3v) is 6.80. The highest BCUT2D eigenvalue weighted by Gasteiger charge is 2.31. The van der Waals surface area contributed by atoms with Gasteiger partial charge in [0.25, 0.3) is 5.56 Å². The Morgan fingerprint density at radius 1 is 1.34 bits per heavy atom. The fourth-order valence-corrected chi connectivity index (χ4v) is 4.89. The molecule has 2 aliphatic rings. The second kappa shape index (κ2) is 8.97. The van der Waals surface area contributed by atoms with Gasteiger partial charge in [0.15, 0.2) is 0 Å². The largest absolute Gasteiger partial charge is 0.493 e. The highest BCUT2D eigenvalue weighted by Crippen LogP contribution is 2.26. The molecule has 0 radical (unpaired) electrons. The highest BCUT2D eigenvalue weighted by atomic mass is 32.2. The molecular formula is C20H25F2N3O3S. The van der Waals surface area contributed by atoms with Crippen LogP contribution in [0, 0.1) is 11.7 Å². The maximum Gasteiger partial charge on any atom is 0.261 e. The lowest BCUT2D eigenvalue weighted by atomic mass is 10.1. The normalized spacial score (nSPS) is 23.7. The fraction of sp³-hybridized carbons (Fsp3) is 0.600. The first-order chi connectivity index (χ1) is 14.0. The SMILES string of the molecule is CN1CC(F)C(COc2cc(F)c3c(=O)[nH]c(CSC4CCOCC4)nc3c2)C1. The van der Waals surface area contributed by atoms with Crippen LogP contribution in [-0.2, 0) is 10.5 Å². The lowest BCUT2D eigenvalue weighted by Gasteiger charge is -2.21. The first-order valence-corrected chi connectivity index (χ1v) is 10.9. The number of ether oxygens (including phenoxy) is 2. The maximum absolute atomic E-state index is 14.5. The Morgan fingerprint density at radius 2 is 2.14 bits per heavy atom. The molecule has 2 atom stereocenters. The van der Waals surface area contributed by atoms with Crippen LogP contribution in [0.1, 0.15) is 18.7 Å². The zero-order valence-corrected chi connectivity index (χ0v) is 17.1. The molecule has 4 rings (SSSR count). The van der Waals surface area contributed by atoms with E-state index in [1.54, 1.807) is 17.8 Å². The second-order valence-corrected chi connectivity index (χ2v) is 9.03. The summed E-state index contributed by atoms with van der Waals surface area (Å²) in [4.78, 5) is 21.4. The van der Waals surface area contributed by atoms with Crippen molar-refractivity contribution in [1.82, 2.24) is 14.9 Å². The van der Waals surface area contributed by atoms with Crippen LogP contribution in [0.4, 0.5) is 8.78 Å². The number of halogens is 2. The topological polar surface area (TPSA) is 67.5 Å². The summed E-state index contributed by atoms with van der Waals surface area (Å²) in [6.07, 6.45) is 0.988. The van der Waals surface area contributed by atoms with E-state index in [1.807, 2.05) is 11.9 Å². The summed E-state index contributed by atoms with van der Waals surface area (Å²) in [6, 6.07) is 2.73. The number of alkyl halides is 1. The quantitative estimate of drug-likeness (QED) is 0.768. The van der Waals surface area contributed by atoms with Crippen molar-refractivity contribution in [3.05, 3.63) is 34.1 Å². The molecule has 6 nitrogen and oxygen atoms in total. The summed E-state index contributed by atoms with van der Waals surface area (Å²) in [5, 5.41) is 0.385. The first kappa shape index (κ1) is 20.6. The van der Waals surface area contributed by atoms with E-state index in [1.165, 1.54) is 6.07 Å². The van der Waals surface area contributed by atoms with Crippen molar-refractivity contribution >= 4 is 22.7 Å².